The fourth-order valence-electron chi connectivity index (χ4n) is 2.76. The van der Waals surface area contributed by atoms with Crippen molar-refractivity contribution in [1.82, 2.24) is 5.32 Å². The second kappa shape index (κ2) is 5.11. The smallest absolute Gasteiger partial charge is 0.221 e. The van der Waals surface area contributed by atoms with Gasteiger partial charge in [0.25, 0.3) is 0 Å². The molecule has 102 valence electrons. The normalized spacial score (nSPS) is 18.0. The number of benzene rings is 1. The van der Waals surface area contributed by atoms with Crippen LogP contribution >= 0.6 is 0 Å². The fraction of sp³-hybridized carbons (Fsp3) is 0.533. The van der Waals surface area contributed by atoms with Crippen molar-refractivity contribution in [2.45, 2.75) is 38.1 Å². The maximum Gasteiger partial charge on any atom is 0.221 e. The number of nitrogens with two attached hydrogens (primary N) is 1. The highest BCUT2D eigenvalue weighted by Gasteiger charge is 2.24. The van der Waals surface area contributed by atoms with Gasteiger partial charge >= 0.3 is 0 Å². The molecule has 19 heavy (non-hydrogen) atoms. The number of carbonyl (C=O) groups is 1. The van der Waals surface area contributed by atoms with Gasteiger partial charge in [-0.25, -0.2) is 0 Å². The van der Waals surface area contributed by atoms with Crippen LogP contribution in [-0.2, 0) is 11.2 Å². The Morgan fingerprint density at radius 1 is 1.42 bits per heavy atom. The topological polar surface area (TPSA) is 58.4 Å². The van der Waals surface area contributed by atoms with Gasteiger partial charge < -0.3 is 16.0 Å². The number of carbonyl (C=O) groups excluding carboxylic acids is 1. The van der Waals surface area contributed by atoms with Crippen LogP contribution in [0.5, 0.6) is 0 Å². The summed E-state index contributed by atoms with van der Waals surface area (Å²) in [6.07, 6.45) is 5.08. The monoisotopic (exact) mass is 259 g/mol. The molecule has 1 saturated carbocycles. The van der Waals surface area contributed by atoms with E-state index in [0.717, 1.165) is 50.1 Å². The Labute approximate surface area is 114 Å². The molecule has 0 saturated heterocycles. The highest BCUT2D eigenvalue weighted by atomic mass is 16.1. The van der Waals surface area contributed by atoms with Gasteiger partial charge in [0.15, 0.2) is 0 Å². The van der Waals surface area contributed by atoms with Crippen molar-refractivity contribution < 1.29 is 4.79 Å². The summed E-state index contributed by atoms with van der Waals surface area (Å²) in [7, 11) is 0. The number of fused-ring (bicyclic) bond motifs is 1. The first-order valence-corrected chi connectivity index (χ1v) is 7.16. The minimum Gasteiger partial charge on any atom is -0.397 e. The molecule has 0 atom stereocenters. The molecule has 2 aliphatic rings. The van der Waals surface area contributed by atoms with Crippen LogP contribution in [0.3, 0.4) is 0 Å². The van der Waals surface area contributed by atoms with E-state index in [1.165, 1.54) is 5.56 Å². The molecule has 3 rings (SSSR count). The summed E-state index contributed by atoms with van der Waals surface area (Å²) >= 11 is 0. The molecule has 1 aromatic carbocycles. The zero-order valence-electron chi connectivity index (χ0n) is 11.2. The minimum absolute atomic E-state index is 0.170. The predicted molar refractivity (Wildman–Crippen MR) is 77.2 cm³/mol. The number of rotatable bonds is 4. The minimum atomic E-state index is 0.170. The molecular weight excluding hydrogens is 238 g/mol. The van der Waals surface area contributed by atoms with Gasteiger partial charge in [0.1, 0.15) is 0 Å². The largest absolute Gasteiger partial charge is 0.397 e. The van der Waals surface area contributed by atoms with Gasteiger partial charge in [0, 0.05) is 25.6 Å². The Balaban J connectivity index is 1.64. The molecule has 0 aromatic heterocycles. The molecule has 0 radical (unpaired) electrons. The van der Waals surface area contributed by atoms with Gasteiger partial charge in [-0.05, 0) is 37.3 Å². The summed E-state index contributed by atoms with van der Waals surface area (Å²) < 4.78 is 0. The van der Waals surface area contributed by atoms with Crippen molar-refractivity contribution in [2.24, 2.45) is 0 Å². The Kier molecular flexibility index (Phi) is 3.32. The average Bonchev–Trinajstić information content (AvgIpc) is 3.20. The van der Waals surface area contributed by atoms with Crippen LogP contribution in [0.2, 0.25) is 0 Å². The quantitative estimate of drug-likeness (QED) is 0.809. The molecule has 0 spiro atoms. The zero-order chi connectivity index (χ0) is 13.2. The zero-order valence-corrected chi connectivity index (χ0v) is 11.2. The number of nitrogens with zero attached hydrogens (tertiary/aromatic N) is 1. The van der Waals surface area contributed by atoms with Crippen molar-refractivity contribution >= 4 is 17.3 Å². The third kappa shape index (κ3) is 2.83. The first-order valence-electron chi connectivity index (χ1n) is 7.16. The van der Waals surface area contributed by atoms with Crippen molar-refractivity contribution in [1.29, 1.82) is 0 Å². The number of amides is 1. The maximum atomic E-state index is 11.8. The number of para-hydroxylation sites is 1. The standard InChI is InChI=1S/C15H21N3O/c16-13-5-1-3-11-4-2-9-18(15(11)13)10-8-14(19)17-12-6-7-12/h1,3,5,12H,2,4,6-10,16H2,(H,17,19). The number of nitrogens with one attached hydrogen (secondary N) is 1. The van der Waals surface area contributed by atoms with E-state index in [1.807, 2.05) is 12.1 Å². The van der Waals surface area contributed by atoms with Gasteiger partial charge in [-0.15, -0.1) is 0 Å². The summed E-state index contributed by atoms with van der Waals surface area (Å²) in [6.45, 7) is 1.76. The van der Waals surface area contributed by atoms with Crippen molar-refractivity contribution in [2.75, 3.05) is 23.7 Å². The predicted octanol–water partition coefficient (Wildman–Crippen LogP) is 1.69. The molecule has 0 bridgehead atoms. The lowest BCUT2D eigenvalue weighted by molar-refractivity contribution is -0.121. The number of hydrogen-bond donors (Lipinski definition) is 2. The van der Waals surface area contributed by atoms with E-state index >= 15 is 0 Å². The summed E-state index contributed by atoms with van der Waals surface area (Å²) in [6, 6.07) is 6.55. The molecule has 1 amide bonds. The third-order valence-electron chi connectivity index (χ3n) is 3.89. The van der Waals surface area contributed by atoms with Gasteiger partial charge in [0.2, 0.25) is 5.91 Å². The highest BCUT2D eigenvalue weighted by molar-refractivity contribution is 5.78. The summed E-state index contributed by atoms with van der Waals surface area (Å²) in [5, 5.41) is 3.04. The van der Waals surface area contributed by atoms with E-state index in [2.05, 4.69) is 16.3 Å². The van der Waals surface area contributed by atoms with Crippen LogP contribution < -0.4 is 16.0 Å². The van der Waals surface area contributed by atoms with Crippen LogP contribution in [0, 0.1) is 0 Å². The van der Waals surface area contributed by atoms with Crippen LogP contribution in [0.4, 0.5) is 11.4 Å². The first-order chi connectivity index (χ1) is 9.24. The summed E-state index contributed by atoms with van der Waals surface area (Å²) in [5.41, 5.74) is 9.38. The van der Waals surface area contributed by atoms with Crippen LogP contribution in [-0.4, -0.2) is 25.0 Å². The molecule has 1 aliphatic carbocycles. The highest BCUT2D eigenvalue weighted by Crippen LogP contribution is 2.32. The number of aryl methyl sites for hydroxylation is 1. The molecule has 1 heterocycles. The van der Waals surface area contributed by atoms with Crippen LogP contribution in [0.15, 0.2) is 18.2 Å². The second-order valence-electron chi connectivity index (χ2n) is 5.54. The molecule has 3 N–H and O–H groups in total. The molecular formula is C15H21N3O. The maximum absolute atomic E-state index is 11.8. The van der Waals surface area contributed by atoms with E-state index in [-0.39, 0.29) is 5.91 Å². The summed E-state index contributed by atoms with van der Waals surface area (Å²) in [5.74, 6) is 0.170. The molecule has 1 aliphatic heterocycles. The summed E-state index contributed by atoms with van der Waals surface area (Å²) in [4.78, 5) is 14.0. The van der Waals surface area contributed by atoms with E-state index in [0.29, 0.717) is 12.5 Å². The Hall–Kier alpha value is -1.71. The van der Waals surface area contributed by atoms with E-state index in [4.69, 9.17) is 5.73 Å². The van der Waals surface area contributed by atoms with Crippen molar-refractivity contribution in [3.8, 4) is 0 Å². The fourth-order valence-corrected chi connectivity index (χ4v) is 2.76. The molecule has 0 unspecified atom stereocenters. The van der Waals surface area contributed by atoms with Crippen LogP contribution in [0.25, 0.3) is 0 Å². The van der Waals surface area contributed by atoms with Gasteiger partial charge in [-0.3, -0.25) is 4.79 Å². The van der Waals surface area contributed by atoms with Crippen molar-refractivity contribution in [3.05, 3.63) is 23.8 Å². The number of anilines is 2. The van der Waals surface area contributed by atoms with Gasteiger partial charge in [-0.1, -0.05) is 12.1 Å². The lowest BCUT2D eigenvalue weighted by Crippen LogP contribution is -2.35. The number of nitrogen functional groups attached to an aromatic ring is 1. The van der Waals surface area contributed by atoms with Crippen LogP contribution in [0.1, 0.15) is 31.2 Å². The van der Waals surface area contributed by atoms with Gasteiger partial charge in [-0.2, -0.15) is 0 Å². The van der Waals surface area contributed by atoms with E-state index in [1.54, 1.807) is 0 Å². The second-order valence-corrected chi connectivity index (χ2v) is 5.54. The Bertz CT molecular complexity index is 482. The molecule has 4 heteroatoms. The molecule has 4 nitrogen and oxygen atoms in total. The van der Waals surface area contributed by atoms with Gasteiger partial charge in [0.05, 0.1) is 11.4 Å². The van der Waals surface area contributed by atoms with Crippen molar-refractivity contribution in [3.63, 3.8) is 0 Å². The Morgan fingerprint density at radius 3 is 3.05 bits per heavy atom. The SMILES string of the molecule is Nc1cccc2c1N(CCC(=O)NC1CC1)CCC2. The molecule has 1 aromatic rings. The lowest BCUT2D eigenvalue weighted by atomic mass is 10.0. The lowest BCUT2D eigenvalue weighted by Gasteiger charge is -2.32. The Morgan fingerprint density at radius 2 is 2.26 bits per heavy atom. The average molecular weight is 259 g/mol. The van der Waals surface area contributed by atoms with E-state index < -0.39 is 0 Å². The first kappa shape index (κ1) is 12.3. The number of hydrogen-bond acceptors (Lipinski definition) is 3. The van der Waals surface area contributed by atoms with E-state index in [9.17, 15) is 4.79 Å². The molecule has 1 fully saturated rings. The third-order valence-corrected chi connectivity index (χ3v) is 3.89.